The SMILES string of the molecule is CN/C=C\c1nc(Cl)cc(Cl)c1C=O. The average Bonchev–Trinajstić information content (AvgIpc) is 2.14. The third kappa shape index (κ3) is 2.47. The fraction of sp³-hybridized carbons (Fsp3) is 0.111. The zero-order chi connectivity index (χ0) is 10.6. The van der Waals surface area contributed by atoms with Crippen LogP contribution < -0.4 is 5.32 Å². The number of hydrogen-bond donors (Lipinski definition) is 1. The molecule has 0 fully saturated rings. The van der Waals surface area contributed by atoms with Crippen LogP contribution in [0.4, 0.5) is 0 Å². The van der Waals surface area contributed by atoms with Gasteiger partial charge in [0.1, 0.15) is 5.15 Å². The Hall–Kier alpha value is -1.06. The van der Waals surface area contributed by atoms with E-state index in [4.69, 9.17) is 23.2 Å². The van der Waals surface area contributed by atoms with E-state index in [9.17, 15) is 4.79 Å². The molecule has 1 rings (SSSR count). The first-order valence-electron chi connectivity index (χ1n) is 3.84. The summed E-state index contributed by atoms with van der Waals surface area (Å²) in [5.41, 5.74) is 0.786. The van der Waals surface area contributed by atoms with Gasteiger partial charge in [-0.15, -0.1) is 0 Å². The standard InChI is InChI=1S/C9H8Cl2N2O/c1-12-3-2-8-6(5-14)7(10)4-9(11)13-8/h2-5,12H,1H3/b3-2-. The number of aromatic nitrogens is 1. The van der Waals surface area contributed by atoms with Gasteiger partial charge >= 0.3 is 0 Å². The Morgan fingerprint density at radius 2 is 2.21 bits per heavy atom. The van der Waals surface area contributed by atoms with Crippen LogP contribution in [0.2, 0.25) is 10.2 Å². The lowest BCUT2D eigenvalue weighted by Gasteiger charge is -2.01. The van der Waals surface area contributed by atoms with Crippen molar-refractivity contribution in [2.24, 2.45) is 0 Å². The predicted molar refractivity (Wildman–Crippen MR) is 57.7 cm³/mol. The minimum Gasteiger partial charge on any atom is -0.394 e. The van der Waals surface area contributed by atoms with Gasteiger partial charge in [0.05, 0.1) is 16.3 Å². The second-order valence-electron chi connectivity index (χ2n) is 2.47. The van der Waals surface area contributed by atoms with Crippen molar-refractivity contribution in [2.75, 3.05) is 7.05 Å². The maximum Gasteiger partial charge on any atom is 0.153 e. The van der Waals surface area contributed by atoms with Crippen LogP contribution in [0, 0.1) is 0 Å². The van der Waals surface area contributed by atoms with Crippen LogP contribution in [0.1, 0.15) is 16.1 Å². The largest absolute Gasteiger partial charge is 0.394 e. The summed E-state index contributed by atoms with van der Waals surface area (Å²) in [4.78, 5) is 14.7. The van der Waals surface area contributed by atoms with E-state index >= 15 is 0 Å². The second kappa shape index (κ2) is 4.98. The molecule has 0 aliphatic carbocycles. The Labute approximate surface area is 91.7 Å². The molecule has 0 aromatic carbocycles. The maximum atomic E-state index is 10.7. The predicted octanol–water partition coefficient (Wildman–Crippen LogP) is 2.39. The van der Waals surface area contributed by atoms with Crippen LogP contribution in [0.25, 0.3) is 6.08 Å². The number of aldehydes is 1. The summed E-state index contributed by atoms with van der Waals surface area (Å²) in [7, 11) is 1.74. The molecule has 1 aromatic rings. The molecule has 0 aliphatic rings. The molecule has 0 spiro atoms. The first-order chi connectivity index (χ1) is 6.69. The minimum absolute atomic E-state index is 0.261. The van der Waals surface area contributed by atoms with Crippen LogP contribution in [-0.4, -0.2) is 18.3 Å². The number of rotatable bonds is 3. The summed E-state index contributed by atoms with van der Waals surface area (Å²) in [6.45, 7) is 0. The van der Waals surface area contributed by atoms with E-state index in [1.165, 1.54) is 6.07 Å². The van der Waals surface area contributed by atoms with E-state index in [1.807, 2.05) is 0 Å². The molecule has 0 atom stereocenters. The van der Waals surface area contributed by atoms with Gasteiger partial charge in [0, 0.05) is 7.05 Å². The number of carbonyl (C=O) groups excluding carboxylic acids is 1. The van der Waals surface area contributed by atoms with Crippen molar-refractivity contribution >= 4 is 35.6 Å². The molecule has 0 radical (unpaired) electrons. The van der Waals surface area contributed by atoms with Crippen LogP contribution in [0.15, 0.2) is 12.3 Å². The monoisotopic (exact) mass is 230 g/mol. The topological polar surface area (TPSA) is 42.0 Å². The molecule has 0 unspecified atom stereocenters. The normalized spacial score (nSPS) is 10.5. The third-order valence-corrected chi connectivity index (χ3v) is 2.04. The molecule has 0 saturated carbocycles. The summed E-state index contributed by atoms with van der Waals surface area (Å²) >= 11 is 11.5. The summed E-state index contributed by atoms with van der Waals surface area (Å²) in [5.74, 6) is 0. The molecule has 14 heavy (non-hydrogen) atoms. The van der Waals surface area contributed by atoms with Gasteiger partial charge in [0.15, 0.2) is 6.29 Å². The van der Waals surface area contributed by atoms with Gasteiger partial charge in [-0.25, -0.2) is 4.98 Å². The number of hydrogen-bond acceptors (Lipinski definition) is 3. The molecular formula is C9H8Cl2N2O. The molecular weight excluding hydrogens is 223 g/mol. The van der Waals surface area contributed by atoms with Crippen LogP contribution in [-0.2, 0) is 0 Å². The molecule has 0 saturated heterocycles. The van der Waals surface area contributed by atoms with Crippen molar-refractivity contribution in [3.63, 3.8) is 0 Å². The Morgan fingerprint density at radius 3 is 2.79 bits per heavy atom. The minimum atomic E-state index is 0.261. The Kier molecular flexibility index (Phi) is 3.92. The van der Waals surface area contributed by atoms with Gasteiger partial charge in [0.2, 0.25) is 0 Å². The number of nitrogens with one attached hydrogen (secondary N) is 1. The van der Waals surface area contributed by atoms with Gasteiger partial charge in [-0.2, -0.15) is 0 Å². The maximum absolute atomic E-state index is 10.7. The summed E-state index contributed by atoms with van der Waals surface area (Å²) in [6, 6.07) is 1.43. The van der Waals surface area contributed by atoms with Crippen molar-refractivity contribution in [1.82, 2.24) is 10.3 Å². The molecule has 3 nitrogen and oxygen atoms in total. The van der Waals surface area contributed by atoms with Gasteiger partial charge in [0.25, 0.3) is 0 Å². The first-order valence-corrected chi connectivity index (χ1v) is 4.59. The van der Waals surface area contributed by atoms with Crippen molar-refractivity contribution in [2.45, 2.75) is 0 Å². The van der Waals surface area contributed by atoms with Crippen molar-refractivity contribution < 1.29 is 4.79 Å². The molecule has 1 N–H and O–H groups in total. The second-order valence-corrected chi connectivity index (χ2v) is 3.26. The van der Waals surface area contributed by atoms with E-state index in [2.05, 4.69) is 10.3 Å². The lowest BCUT2D eigenvalue weighted by atomic mass is 10.2. The number of carbonyl (C=O) groups is 1. The molecule has 74 valence electrons. The van der Waals surface area contributed by atoms with E-state index in [0.717, 1.165) is 0 Å². The molecule has 1 aromatic heterocycles. The summed E-state index contributed by atoms with van der Waals surface area (Å²) in [5, 5.41) is 3.35. The quantitative estimate of drug-likeness (QED) is 0.641. The fourth-order valence-corrected chi connectivity index (χ4v) is 1.42. The van der Waals surface area contributed by atoms with E-state index < -0.39 is 0 Å². The lowest BCUT2D eigenvalue weighted by molar-refractivity contribution is 0.112. The van der Waals surface area contributed by atoms with Gasteiger partial charge in [-0.05, 0) is 18.3 Å². The summed E-state index contributed by atoms with van der Waals surface area (Å²) < 4.78 is 0. The van der Waals surface area contributed by atoms with Crippen LogP contribution in [0.5, 0.6) is 0 Å². The number of halogens is 2. The van der Waals surface area contributed by atoms with E-state index in [-0.39, 0.29) is 5.15 Å². The highest BCUT2D eigenvalue weighted by Gasteiger charge is 2.07. The Balaban J connectivity index is 3.24. The highest BCUT2D eigenvalue weighted by atomic mass is 35.5. The van der Waals surface area contributed by atoms with Gasteiger partial charge in [-0.3, -0.25) is 4.79 Å². The zero-order valence-electron chi connectivity index (χ0n) is 7.42. The van der Waals surface area contributed by atoms with Crippen molar-refractivity contribution in [3.05, 3.63) is 33.7 Å². The molecule has 5 heteroatoms. The number of pyridine rings is 1. The highest BCUT2D eigenvalue weighted by Crippen LogP contribution is 2.21. The third-order valence-electron chi connectivity index (χ3n) is 1.53. The molecule has 0 aliphatic heterocycles. The first kappa shape index (κ1) is 11.0. The summed E-state index contributed by atoms with van der Waals surface area (Å²) in [6.07, 6.45) is 3.92. The van der Waals surface area contributed by atoms with E-state index in [1.54, 1.807) is 19.3 Å². The van der Waals surface area contributed by atoms with Gasteiger partial charge in [-0.1, -0.05) is 23.2 Å². The van der Waals surface area contributed by atoms with Gasteiger partial charge < -0.3 is 5.32 Å². The molecule has 1 heterocycles. The highest BCUT2D eigenvalue weighted by molar-refractivity contribution is 6.35. The molecule has 0 bridgehead atoms. The fourth-order valence-electron chi connectivity index (χ4n) is 0.918. The average molecular weight is 231 g/mol. The lowest BCUT2D eigenvalue weighted by Crippen LogP contribution is -1.96. The smallest absolute Gasteiger partial charge is 0.153 e. The zero-order valence-corrected chi connectivity index (χ0v) is 8.93. The van der Waals surface area contributed by atoms with E-state index in [0.29, 0.717) is 22.6 Å². The Morgan fingerprint density at radius 1 is 1.50 bits per heavy atom. The van der Waals surface area contributed by atoms with Crippen LogP contribution in [0.3, 0.4) is 0 Å². The van der Waals surface area contributed by atoms with Crippen LogP contribution >= 0.6 is 23.2 Å². The van der Waals surface area contributed by atoms with Crippen molar-refractivity contribution in [1.29, 1.82) is 0 Å². The molecule has 0 amide bonds. The number of nitrogens with zero attached hydrogens (tertiary/aromatic N) is 1. The Bertz CT molecular complexity index is 377. The van der Waals surface area contributed by atoms with Crippen molar-refractivity contribution in [3.8, 4) is 0 Å².